The Bertz CT molecular complexity index is 1170. The maximum atomic E-state index is 12.4. The number of rotatable bonds is 3. The molecule has 0 amide bonds. The van der Waals surface area contributed by atoms with Crippen molar-refractivity contribution in [2.24, 2.45) is 7.05 Å². The molecule has 0 N–H and O–H groups in total. The van der Waals surface area contributed by atoms with Crippen LogP contribution < -0.4 is 15.2 Å². The number of hydrogen-bond acceptors (Lipinski definition) is 5. The summed E-state index contributed by atoms with van der Waals surface area (Å²) in [7, 11) is 3.34. The van der Waals surface area contributed by atoms with Gasteiger partial charge < -0.3 is 14.2 Å². The molecule has 0 aliphatic carbocycles. The molecule has 0 saturated heterocycles. The minimum Gasteiger partial charge on any atom is -0.497 e. The van der Waals surface area contributed by atoms with E-state index in [0.29, 0.717) is 11.3 Å². The second kappa shape index (κ2) is 6.67. The van der Waals surface area contributed by atoms with Gasteiger partial charge in [0.2, 0.25) is 0 Å². The van der Waals surface area contributed by atoms with Crippen LogP contribution in [0.15, 0.2) is 41.2 Å². The Morgan fingerprint density at radius 3 is 2.64 bits per heavy atom. The van der Waals surface area contributed by atoms with Gasteiger partial charge in [-0.05, 0) is 31.4 Å². The van der Waals surface area contributed by atoms with Crippen LogP contribution in [0.2, 0.25) is 0 Å². The largest absolute Gasteiger partial charge is 0.497 e. The summed E-state index contributed by atoms with van der Waals surface area (Å²) < 4.78 is 7.10. The molecule has 1 aromatic heterocycles. The molecule has 1 aliphatic heterocycles. The molecule has 28 heavy (non-hydrogen) atoms. The highest BCUT2D eigenvalue weighted by molar-refractivity contribution is 5.96. The number of aryl methyl sites for hydroxylation is 3. The number of nitro benzene ring substituents is 1. The first-order valence-electron chi connectivity index (χ1n) is 9.14. The number of fused-ring (bicyclic) bond motifs is 2. The molecule has 1 aliphatic rings. The summed E-state index contributed by atoms with van der Waals surface area (Å²) in [4.78, 5) is 25.4. The second-order valence-electron chi connectivity index (χ2n) is 7.10. The van der Waals surface area contributed by atoms with Crippen LogP contribution >= 0.6 is 0 Å². The fraction of sp³-hybridized carbons (Fsp3) is 0.286. The third-order valence-corrected chi connectivity index (χ3v) is 5.40. The van der Waals surface area contributed by atoms with Crippen LogP contribution in [-0.4, -0.2) is 23.1 Å². The smallest absolute Gasteiger partial charge is 0.271 e. The molecular formula is C21H21N3O4. The number of ether oxygens (including phenoxy) is 1. The van der Waals surface area contributed by atoms with E-state index in [0.717, 1.165) is 47.2 Å². The van der Waals surface area contributed by atoms with Crippen molar-refractivity contribution in [3.05, 3.63) is 68.0 Å². The number of non-ortho nitro benzene ring substituents is 1. The van der Waals surface area contributed by atoms with Gasteiger partial charge >= 0.3 is 0 Å². The Morgan fingerprint density at radius 1 is 1.14 bits per heavy atom. The molecule has 0 fully saturated rings. The molecule has 0 atom stereocenters. The molecule has 3 aromatic rings. The molecule has 2 heterocycles. The highest BCUT2D eigenvalue weighted by Gasteiger charge is 2.24. The SMILES string of the molecule is COc1cc(N2CCCc3ccc([N+](=O)[O-])cc32)c2cc(C)c(=O)n(C)c2c1. The van der Waals surface area contributed by atoms with Crippen molar-refractivity contribution in [3.63, 3.8) is 0 Å². The summed E-state index contributed by atoms with van der Waals surface area (Å²) in [5, 5.41) is 12.2. The summed E-state index contributed by atoms with van der Waals surface area (Å²) in [5.41, 5.74) is 4.23. The zero-order chi connectivity index (χ0) is 20.0. The fourth-order valence-electron chi connectivity index (χ4n) is 3.94. The number of pyridine rings is 1. The normalized spacial score (nSPS) is 13.5. The molecule has 0 bridgehead atoms. The van der Waals surface area contributed by atoms with E-state index in [1.807, 2.05) is 24.3 Å². The van der Waals surface area contributed by atoms with Crippen molar-refractivity contribution < 1.29 is 9.66 Å². The van der Waals surface area contributed by atoms with Crippen molar-refractivity contribution in [1.29, 1.82) is 0 Å². The molecule has 0 radical (unpaired) electrons. The van der Waals surface area contributed by atoms with E-state index in [-0.39, 0.29) is 16.2 Å². The standard InChI is InChI=1S/C21H21N3O4/c1-13-9-17-19(22(2)21(13)25)11-16(28-3)12-20(17)23-8-4-5-14-6-7-15(24(26)27)10-18(14)23/h6-7,9-12H,4-5,8H2,1-3H3. The molecule has 144 valence electrons. The predicted molar refractivity (Wildman–Crippen MR) is 109 cm³/mol. The lowest BCUT2D eigenvalue weighted by Crippen LogP contribution is -2.26. The summed E-state index contributed by atoms with van der Waals surface area (Å²) in [6.45, 7) is 2.53. The van der Waals surface area contributed by atoms with Gasteiger partial charge in [-0.1, -0.05) is 6.07 Å². The fourth-order valence-corrected chi connectivity index (χ4v) is 3.94. The number of hydrogen-bond donors (Lipinski definition) is 0. The lowest BCUT2D eigenvalue weighted by atomic mass is 9.99. The summed E-state index contributed by atoms with van der Waals surface area (Å²) in [6.07, 6.45) is 1.82. The van der Waals surface area contributed by atoms with Gasteiger partial charge in [0.05, 0.1) is 28.9 Å². The minimum absolute atomic E-state index is 0.0543. The monoisotopic (exact) mass is 379 g/mol. The van der Waals surface area contributed by atoms with Gasteiger partial charge in [-0.15, -0.1) is 0 Å². The maximum Gasteiger partial charge on any atom is 0.271 e. The molecule has 7 nitrogen and oxygen atoms in total. The first-order chi connectivity index (χ1) is 13.4. The minimum atomic E-state index is -0.370. The van der Waals surface area contributed by atoms with Crippen LogP contribution in [0.4, 0.5) is 17.1 Å². The van der Waals surface area contributed by atoms with Crippen LogP contribution in [0.25, 0.3) is 10.9 Å². The van der Waals surface area contributed by atoms with Gasteiger partial charge in [-0.3, -0.25) is 14.9 Å². The van der Waals surface area contributed by atoms with E-state index in [1.54, 1.807) is 37.8 Å². The van der Waals surface area contributed by atoms with E-state index in [1.165, 1.54) is 0 Å². The number of benzene rings is 2. The van der Waals surface area contributed by atoms with Gasteiger partial charge in [0.15, 0.2) is 0 Å². The van der Waals surface area contributed by atoms with Crippen molar-refractivity contribution in [3.8, 4) is 5.75 Å². The Morgan fingerprint density at radius 2 is 1.93 bits per heavy atom. The topological polar surface area (TPSA) is 77.6 Å². The van der Waals surface area contributed by atoms with Crippen LogP contribution in [0.1, 0.15) is 17.5 Å². The third-order valence-electron chi connectivity index (χ3n) is 5.40. The van der Waals surface area contributed by atoms with Gasteiger partial charge in [0.1, 0.15) is 5.75 Å². The van der Waals surface area contributed by atoms with Crippen LogP contribution in [0.5, 0.6) is 5.75 Å². The summed E-state index contributed by atoms with van der Waals surface area (Å²) >= 11 is 0. The Labute approximate surface area is 161 Å². The molecule has 0 saturated carbocycles. The summed E-state index contributed by atoms with van der Waals surface area (Å²) in [6, 6.07) is 10.7. The van der Waals surface area contributed by atoms with Crippen LogP contribution in [0.3, 0.4) is 0 Å². The van der Waals surface area contributed by atoms with E-state index in [9.17, 15) is 14.9 Å². The van der Waals surface area contributed by atoms with Gasteiger partial charge in [0, 0.05) is 48.8 Å². The predicted octanol–water partition coefficient (Wildman–Crippen LogP) is 3.85. The Kier molecular flexibility index (Phi) is 4.30. The number of anilines is 2. The van der Waals surface area contributed by atoms with Gasteiger partial charge in [-0.2, -0.15) is 0 Å². The molecule has 2 aromatic carbocycles. The lowest BCUT2D eigenvalue weighted by molar-refractivity contribution is -0.384. The lowest BCUT2D eigenvalue weighted by Gasteiger charge is -2.32. The average Bonchev–Trinajstić information content (AvgIpc) is 2.70. The first-order valence-corrected chi connectivity index (χ1v) is 9.14. The quantitative estimate of drug-likeness (QED) is 0.510. The second-order valence-corrected chi connectivity index (χ2v) is 7.10. The number of methoxy groups -OCH3 is 1. The molecular weight excluding hydrogens is 358 g/mol. The van der Waals surface area contributed by atoms with E-state index in [2.05, 4.69) is 4.90 Å². The van der Waals surface area contributed by atoms with E-state index < -0.39 is 0 Å². The number of aromatic nitrogens is 1. The highest BCUT2D eigenvalue weighted by atomic mass is 16.6. The van der Waals surface area contributed by atoms with Crippen molar-refractivity contribution in [2.45, 2.75) is 19.8 Å². The molecule has 4 rings (SSSR count). The Balaban J connectivity index is 2.02. The van der Waals surface area contributed by atoms with Gasteiger partial charge in [0.25, 0.3) is 11.2 Å². The zero-order valence-corrected chi connectivity index (χ0v) is 16.1. The summed E-state index contributed by atoms with van der Waals surface area (Å²) in [5.74, 6) is 0.638. The van der Waals surface area contributed by atoms with Crippen molar-refractivity contribution in [2.75, 3.05) is 18.6 Å². The third kappa shape index (κ3) is 2.79. The zero-order valence-electron chi connectivity index (χ0n) is 16.1. The van der Waals surface area contributed by atoms with Crippen LogP contribution in [0, 0.1) is 17.0 Å². The maximum absolute atomic E-state index is 12.4. The van der Waals surface area contributed by atoms with Crippen molar-refractivity contribution >= 4 is 28.0 Å². The van der Waals surface area contributed by atoms with Crippen molar-refractivity contribution in [1.82, 2.24) is 4.57 Å². The highest BCUT2D eigenvalue weighted by Crippen LogP contribution is 2.40. The number of nitro groups is 1. The Hall–Kier alpha value is -3.35. The van der Waals surface area contributed by atoms with E-state index >= 15 is 0 Å². The average molecular weight is 379 g/mol. The van der Waals surface area contributed by atoms with Crippen LogP contribution in [-0.2, 0) is 13.5 Å². The van der Waals surface area contributed by atoms with Gasteiger partial charge in [-0.25, -0.2) is 0 Å². The first kappa shape index (κ1) is 18.0. The molecule has 0 unspecified atom stereocenters. The number of nitrogens with zero attached hydrogens (tertiary/aromatic N) is 3. The molecule has 7 heteroatoms. The van der Waals surface area contributed by atoms with E-state index in [4.69, 9.17) is 4.74 Å². The molecule has 0 spiro atoms.